The fourth-order valence-corrected chi connectivity index (χ4v) is 7.06. The van der Waals surface area contributed by atoms with Gasteiger partial charge in [-0.3, -0.25) is 9.78 Å². The fourth-order valence-electron chi connectivity index (χ4n) is 7.06. The largest absolute Gasteiger partial charge is 0.512 e. The van der Waals surface area contributed by atoms with Crippen molar-refractivity contribution >= 4 is 65.9 Å². The normalized spacial score (nSPS) is 12.2. The number of pyridine rings is 1. The third kappa shape index (κ3) is 5.57. The molecular weight excluding hydrogens is 773 g/mol. The van der Waals surface area contributed by atoms with Gasteiger partial charge in [-0.25, -0.2) is 0 Å². The molecule has 0 aliphatic rings. The van der Waals surface area contributed by atoms with Crippen LogP contribution in [0.4, 0.5) is 0 Å². The van der Waals surface area contributed by atoms with E-state index in [1.807, 2.05) is 52.0 Å². The predicted octanol–water partition coefficient (Wildman–Crippen LogP) is 11.5. The number of hydrogen-bond acceptors (Lipinski definition) is 4. The summed E-state index contributed by atoms with van der Waals surface area (Å²) in [5.74, 6) is 0.547. The second-order valence-corrected chi connectivity index (χ2v) is 12.3. The van der Waals surface area contributed by atoms with Gasteiger partial charge in [-0.05, 0) is 77.3 Å². The van der Waals surface area contributed by atoms with Crippen LogP contribution in [0.3, 0.4) is 0 Å². The average Bonchev–Trinajstić information content (AvgIpc) is 3.75. The van der Waals surface area contributed by atoms with Gasteiger partial charge in [-0.15, -0.1) is 17.7 Å². The number of nitrogens with zero attached hydrogens (tertiary/aromatic N) is 2. The number of furan rings is 1. The number of fused-ring (bicyclic) bond motifs is 9. The van der Waals surface area contributed by atoms with Crippen LogP contribution in [0.2, 0.25) is 0 Å². The van der Waals surface area contributed by atoms with Crippen molar-refractivity contribution in [2.24, 2.45) is 11.8 Å². The zero-order valence-corrected chi connectivity index (χ0v) is 30.1. The Kier molecular flexibility index (Phi) is 9.68. The van der Waals surface area contributed by atoms with Gasteiger partial charge in [-0.1, -0.05) is 93.7 Å². The quantitative estimate of drug-likeness (QED) is 0.0943. The smallest absolute Gasteiger partial charge is 0.162 e. The minimum Gasteiger partial charge on any atom is -0.512 e. The molecule has 0 bridgehead atoms. The first-order valence-corrected chi connectivity index (χ1v) is 16.8. The molecule has 4 aromatic heterocycles. The van der Waals surface area contributed by atoms with Gasteiger partial charge in [0.25, 0.3) is 0 Å². The number of aliphatic hydroxyl groups is 1. The van der Waals surface area contributed by atoms with Crippen LogP contribution in [0, 0.1) is 17.9 Å². The number of aromatic nitrogens is 2. The summed E-state index contributed by atoms with van der Waals surface area (Å²) in [4.78, 5) is 16.7. The number of hydrogen-bond donors (Lipinski definition) is 1. The van der Waals surface area contributed by atoms with Gasteiger partial charge in [-0.2, -0.15) is 0 Å². The van der Waals surface area contributed by atoms with Crippen molar-refractivity contribution in [3.63, 3.8) is 0 Å². The Morgan fingerprint density at radius 3 is 2.23 bits per heavy atom. The van der Waals surface area contributed by atoms with E-state index in [1.54, 1.807) is 0 Å². The number of ketones is 1. The zero-order valence-electron chi connectivity index (χ0n) is 27.7. The number of benzene rings is 4. The van der Waals surface area contributed by atoms with Gasteiger partial charge in [0.1, 0.15) is 11.2 Å². The first kappa shape index (κ1) is 33.4. The molecule has 48 heavy (non-hydrogen) atoms. The molecular formula is C42H39IrN2O3-. The van der Waals surface area contributed by atoms with Crippen molar-refractivity contribution in [2.75, 3.05) is 0 Å². The number of rotatable bonds is 8. The molecule has 0 aliphatic heterocycles. The molecule has 0 saturated heterocycles. The van der Waals surface area contributed by atoms with Gasteiger partial charge in [0.15, 0.2) is 5.78 Å². The van der Waals surface area contributed by atoms with Crippen LogP contribution in [0.25, 0.3) is 71.4 Å². The summed E-state index contributed by atoms with van der Waals surface area (Å²) in [5, 5.41) is 15.5. The Labute approximate surface area is 294 Å². The van der Waals surface area contributed by atoms with Gasteiger partial charge < -0.3 is 13.9 Å². The molecule has 4 heterocycles. The standard InChI is InChI=1S/C29H15N2O.C13H24O2.Ir/c1-4-10-22-17(7-1)13-16-23(30-22)20-15-14-19-18-8-2-5-11-24(18)31-27(19)26(20)29-28(31)21-9-3-6-12-25(21)32-29;1-5-10(6-2)12(14)9-13(15)11(7-3)8-4;/h1-14,16H;9-11,14H,5-8H2,1-4H3;/q-1;;/b;12-9-;. The van der Waals surface area contributed by atoms with E-state index in [4.69, 9.17) is 9.40 Å². The maximum absolute atomic E-state index is 11.7. The summed E-state index contributed by atoms with van der Waals surface area (Å²) in [7, 11) is 0. The monoisotopic (exact) mass is 812 g/mol. The van der Waals surface area contributed by atoms with E-state index < -0.39 is 0 Å². The fraction of sp³-hybridized carbons (Fsp3) is 0.238. The SMILES string of the molecule is CCC(CC)C(=O)/C=C(\O)C(CC)CC.[Ir].[c-]1cc2c3ccccc3n3c4c5ccccc5oc4c(c1-c1ccc4ccccc4n1)c23. The summed E-state index contributed by atoms with van der Waals surface area (Å²) in [6.07, 6.45) is 4.91. The minimum absolute atomic E-state index is 0. The summed E-state index contributed by atoms with van der Waals surface area (Å²) in [6.45, 7) is 8.07. The Morgan fingerprint density at radius 2 is 1.48 bits per heavy atom. The van der Waals surface area contributed by atoms with E-state index >= 15 is 0 Å². The van der Waals surface area contributed by atoms with Crippen molar-refractivity contribution in [1.29, 1.82) is 0 Å². The second kappa shape index (κ2) is 13.9. The van der Waals surface area contributed by atoms with Crippen LogP contribution < -0.4 is 0 Å². The van der Waals surface area contributed by atoms with Crippen molar-refractivity contribution in [2.45, 2.75) is 53.4 Å². The van der Waals surface area contributed by atoms with E-state index in [-0.39, 0.29) is 43.5 Å². The van der Waals surface area contributed by atoms with E-state index in [0.717, 1.165) is 75.3 Å². The average molecular weight is 812 g/mol. The molecule has 5 nitrogen and oxygen atoms in total. The molecule has 1 N–H and O–H groups in total. The third-order valence-electron chi connectivity index (χ3n) is 9.72. The van der Waals surface area contributed by atoms with Crippen LogP contribution in [0.5, 0.6) is 0 Å². The second-order valence-electron chi connectivity index (χ2n) is 12.3. The van der Waals surface area contributed by atoms with Crippen molar-refractivity contribution in [3.8, 4) is 11.3 Å². The third-order valence-corrected chi connectivity index (χ3v) is 9.72. The molecule has 0 saturated carbocycles. The molecule has 0 amide bonds. The van der Waals surface area contributed by atoms with E-state index in [1.165, 1.54) is 27.9 Å². The summed E-state index contributed by atoms with van der Waals surface area (Å²) in [6, 6.07) is 35.0. The minimum atomic E-state index is 0. The Hall–Kier alpha value is -4.51. The van der Waals surface area contributed by atoms with Gasteiger partial charge in [0, 0.05) is 48.9 Å². The van der Waals surface area contributed by atoms with Gasteiger partial charge in [0.05, 0.1) is 16.8 Å². The van der Waals surface area contributed by atoms with E-state index in [9.17, 15) is 9.90 Å². The Morgan fingerprint density at radius 1 is 0.812 bits per heavy atom. The molecule has 1 radical (unpaired) electrons. The summed E-state index contributed by atoms with van der Waals surface area (Å²) >= 11 is 0. The van der Waals surface area contributed by atoms with Gasteiger partial charge in [0.2, 0.25) is 0 Å². The van der Waals surface area contributed by atoms with Crippen molar-refractivity contribution in [3.05, 3.63) is 109 Å². The van der Waals surface area contributed by atoms with Crippen molar-refractivity contribution < 1.29 is 34.4 Å². The Bertz CT molecular complexity index is 2410. The first-order chi connectivity index (χ1) is 23.0. The number of carbonyl (C=O) groups is 1. The molecule has 0 fully saturated rings. The van der Waals surface area contributed by atoms with Crippen LogP contribution >= 0.6 is 0 Å². The molecule has 8 rings (SSSR count). The van der Waals surface area contributed by atoms with E-state index in [0.29, 0.717) is 0 Å². The molecule has 0 atom stereocenters. The van der Waals surface area contributed by atoms with E-state index in [2.05, 4.69) is 77.2 Å². The predicted molar refractivity (Wildman–Crippen MR) is 194 cm³/mol. The molecule has 4 aromatic carbocycles. The first-order valence-electron chi connectivity index (χ1n) is 16.8. The molecule has 8 aromatic rings. The maximum atomic E-state index is 11.7. The van der Waals surface area contributed by atoms with Gasteiger partial charge >= 0.3 is 0 Å². The molecule has 0 spiro atoms. The van der Waals surface area contributed by atoms with Crippen LogP contribution in [-0.4, -0.2) is 20.3 Å². The summed E-state index contributed by atoms with van der Waals surface area (Å²) < 4.78 is 8.83. The van der Waals surface area contributed by atoms with Crippen LogP contribution in [0.1, 0.15) is 53.4 Å². The number of para-hydroxylation sites is 3. The summed E-state index contributed by atoms with van der Waals surface area (Å²) in [5.41, 5.74) is 8.14. The molecule has 0 aliphatic carbocycles. The van der Waals surface area contributed by atoms with Crippen LogP contribution in [0.15, 0.2) is 107 Å². The molecule has 6 heteroatoms. The molecule has 0 unspecified atom stereocenters. The number of allylic oxidation sites excluding steroid dienone is 2. The number of carbonyl (C=O) groups excluding carboxylic acids is 1. The number of aliphatic hydroxyl groups excluding tert-OH is 1. The topological polar surface area (TPSA) is 67.7 Å². The molecule has 245 valence electrons. The van der Waals surface area contributed by atoms with Crippen molar-refractivity contribution in [1.82, 2.24) is 9.38 Å². The Balaban J connectivity index is 0.000000217. The van der Waals surface area contributed by atoms with Crippen LogP contribution in [-0.2, 0) is 24.9 Å². The maximum Gasteiger partial charge on any atom is 0.162 e. The zero-order chi connectivity index (χ0) is 32.7.